The summed E-state index contributed by atoms with van der Waals surface area (Å²) in [4.78, 5) is 11.0. The monoisotopic (exact) mass is 143 g/mol. The lowest BCUT2D eigenvalue weighted by Crippen LogP contribution is -2.18. The highest BCUT2D eigenvalue weighted by atomic mass is 32.2. The molecule has 1 rings (SSSR count). The Hall–Kier alpha value is -0.970. The molecule has 1 saturated heterocycles. The summed E-state index contributed by atoms with van der Waals surface area (Å²) >= 11 is 1.03. The third kappa shape index (κ3) is 1.05. The third-order valence-corrected chi connectivity index (χ3v) is 1.66. The van der Waals surface area contributed by atoms with Crippen molar-refractivity contribution in [2.24, 2.45) is 5.73 Å². The second-order valence-corrected chi connectivity index (χ2v) is 2.47. The quantitative estimate of drug-likeness (QED) is 0.403. The maximum atomic E-state index is 10.6. The lowest BCUT2D eigenvalue weighted by atomic mass is 10.6. The lowest BCUT2D eigenvalue weighted by molar-refractivity contribution is -0.115. The van der Waals surface area contributed by atoms with Gasteiger partial charge in [-0.2, -0.15) is 0 Å². The average Bonchev–Trinajstić information content (AvgIpc) is 2.10. The van der Waals surface area contributed by atoms with E-state index in [1.807, 2.05) is 0 Å². The van der Waals surface area contributed by atoms with Crippen LogP contribution in [0.1, 0.15) is 0 Å². The summed E-state index contributed by atoms with van der Waals surface area (Å²) < 4.78 is 0. The fraction of sp³-hybridized carbons (Fsp3) is 0. The Labute approximate surface area is 56.0 Å². The minimum atomic E-state index is -0.285. The molecule has 4 nitrogen and oxygen atoms in total. The van der Waals surface area contributed by atoms with Crippen LogP contribution >= 0.6 is 11.8 Å². The molecule has 0 aliphatic carbocycles. The van der Waals surface area contributed by atoms with Crippen LogP contribution in [0.25, 0.3) is 0 Å². The van der Waals surface area contributed by atoms with Gasteiger partial charge in [0.05, 0.1) is 4.91 Å². The SMILES string of the molecule is N=C1NC(=O)/C(=C/N)S1. The van der Waals surface area contributed by atoms with Crippen molar-refractivity contribution in [2.75, 3.05) is 0 Å². The molecule has 9 heavy (non-hydrogen) atoms. The zero-order chi connectivity index (χ0) is 6.85. The van der Waals surface area contributed by atoms with E-state index < -0.39 is 0 Å². The van der Waals surface area contributed by atoms with Gasteiger partial charge in [0.15, 0.2) is 5.17 Å². The highest BCUT2D eigenvalue weighted by Gasteiger charge is 2.21. The topological polar surface area (TPSA) is 79.0 Å². The number of carbonyl (C=O) groups excluding carboxylic acids is 1. The minimum Gasteiger partial charge on any atom is -0.404 e. The van der Waals surface area contributed by atoms with Gasteiger partial charge in [0, 0.05) is 6.20 Å². The predicted octanol–water partition coefficient (Wildman–Crippen LogP) is -0.416. The molecule has 5 heteroatoms. The molecule has 0 saturated carbocycles. The van der Waals surface area contributed by atoms with Gasteiger partial charge < -0.3 is 11.1 Å². The molecule has 0 aromatic heterocycles. The Balaban J connectivity index is 2.81. The number of rotatable bonds is 0. The molecule has 48 valence electrons. The molecule has 1 amide bonds. The van der Waals surface area contributed by atoms with Crippen molar-refractivity contribution in [3.8, 4) is 0 Å². The Kier molecular flexibility index (Phi) is 1.44. The van der Waals surface area contributed by atoms with Crippen LogP contribution < -0.4 is 11.1 Å². The summed E-state index contributed by atoms with van der Waals surface area (Å²) in [5, 5.41) is 9.36. The van der Waals surface area contributed by atoms with Crippen molar-refractivity contribution in [3.63, 3.8) is 0 Å². The smallest absolute Gasteiger partial charge is 0.265 e. The predicted molar refractivity (Wildman–Crippen MR) is 35.7 cm³/mol. The Morgan fingerprint density at radius 3 is 2.67 bits per heavy atom. The van der Waals surface area contributed by atoms with Crippen molar-refractivity contribution in [1.82, 2.24) is 5.32 Å². The van der Waals surface area contributed by atoms with Crippen molar-refractivity contribution < 1.29 is 4.79 Å². The normalized spacial score (nSPS) is 22.9. The molecule has 1 aliphatic rings. The van der Waals surface area contributed by atoms with Gasteiger partial charge in [0.2, 0.25) is 0 Å². The van der Waals surface area contributed by atoms with Gasteiger partial charge in [-0.15, -0.1) is 0 Å². The van der Waals surface area contributed by atoms with Crippen molar-refractivity contribution in [3.05, 3.63) is 11.1 Å². The summed E-state index contributed by atoms with van der Waals surface area (Å²) in [5.41, 5.74) is 5.05. The van der Waals surface area contributed by atoms with Crippen LogP contribution in [0.4, 0.5) is 0 Å². The summed E-state index contributed by atoms with van der Waals surface area (Å²) in [5.74, 6) is -0.285. The van der Waals surface area contributed by atoms with E-state index in [-0.39, 0.29) is 11.1 Å². The first-order valence-corrected chi connectivity index (χ1v) is 3.05. The molecule has 1 aliphatic heterocycles. The van der Waals surface area contributed by atoms with E-state index >= 15 is 0 Å². The van der Waals surface area contributed by atoms with Gasteiger partial charge in [-0.1, -0.05) is 0 Å². The Morgan fingerprint density at radius 2 is 2.44 bits per heavy atom. The first kappa shape index (κ1) is 6.15. The Morgan fingerprint density at radius 1 is 1.78 bits per heavy atom. The number of hydrogen-bond acceptors (Lipinski definition) is 4. The molecule has 4 N–H and O–H groups in total. The number of hydrogen-bond donors (Lipinski definition) is 3. The minimum absolute atomic E-state index is 0.136. The van der Waals surface area contributed by atoms with E-state index in [4.69, 9.17) is 11.1 Å². The van der Waals surface area contributed by atoms with Crippen molar-refractivity contribution in [2.45, 2.75) is 0 Å². The standard InChI is InChI=1S/C4H5N3OS/c5-1-2-3(8)7-4(6)9-2/h1H,5H2,(H2,6,7,8)/b2-1-. The molecule has 1 heterocycles. The number of nitrogens with two attached hydrogens (primary N) is 1. The second kappa shape index (κ2) is 2.10. The molecular weight excluding hydrogens is 138 g/mol. The first-order chi connectivity index (χ1) is 4.24. The molecule has 0 bridgehead atoms. The third-order valence-electron chi connectivity index (χ3n) is 0.814. The van der Waals surface area contributed by atoms with Crippen LogP contribution in [0.15, 0.2) is 11.1 Å². The summed E-state index contributed by atoms with van der Waals surface area (Å²) in [6.07, 6.45) is 1.20. The van der Waals surface area contributed by atoms with Crippen LogP contribution in [0.2, 0.25) is 0 Å². The molecule has 0 aromatic carbocycles. The first-order valence-electron chi connectivity index (χ1n) is 2.23. The molecule has 0 atom stereocenters. The number of amides is 1. The van der Waals surface area contributed by atoms with Gasteiger partial charge >= 0.3 is 0 Å². The van der Waals surface area contributed by atoms with Crippen LogP contribution in [-0.2, 0) is 4.79 Å². The molecular formula is C4H5N3OS. The van der Waals surface area contributed by atoms with Crippen molar-refractivity contribution in [1.29, 1.82) is 5.41 Å². The summed E-state index contributed by atoms with van der Waals surface area (Å²) in [6, 6.07) is 0. The lowest BCUT2D eigenvalue weighted by Gasteiger charge is -1.82. The summed E-state index contributed by atoms with van der Waals surface area (Å²) in [6.45, 7) is 0. The van der Waals surface area contributed by atoms with Crippen LogP contribution in [-0.4, -0.2) is 11.1 Å². The van der Waals surface area contributed by atoms with Gasteiger partial charge in [-0.25, -0.2) is 0 Å². The van der Waals surface area contributed by atoms with Gasteiger partial charge in [-0.3, -0.25) is 10.2 Å². The van der Waals surface area contributed by atoms with Crippen LogP contribution in [0, 0.1) is 5.41 Å². The zero-order valence-electron chi connectivity index (χ0n) is 4.47. The molecule has 1 fully saturated rings. The van der Waals surface area contributed by atoms with Gasteiger partial charge in [-0.05, 0) is 11.8 Å². The number of nitrogens with one attached hydrogen (secondary N) is 2. The molecule has 0 spiro atoms. The van der Waals surface area contributed by atoms with E-state index in [2.05, 4.69) is 5.32 Å². The molecule has 0 unspecified atom stereocenters. The number of carbonyl (C=O) groups is 1. The zero-order valence-corrected chi connectivity index (χ0v) is 5.29. The van der Waals surface area contributed by atoms with Gasteiger partial charge in [0.1, 0.15) is 0 Å². The van der Waals surface area contributed by atoms with E-state index in [9.17, 15) is 4.79 Å². The Bertz CT molecular complexity index is 198. The highest BCUT2D eigenvalue weighted by Crippen LogP contribution is 2.20. The maximum absolute atomic E-state index is 10.6. The molecule has 0 aromatic rings. The highest BCUT2D eigenvalue weighted by molar-refractivity contribution is 8.18. The van der Waals surface area contributed by atoms with E-state index in [1.165, 1.54) is 6.20 Å². The maximum Gasteiger partial charge on any atom is 0.265 e. The average molecular weight is 143 g/mol. The largest absolute Gasteiger partial charge is 0.404 e. The van der Waals surface area contributed by atoms with Crippen LogP contribution in [0.5, 0.6) is 0 Å². The van der Waals surface area contributed by atoms with E-state index in [0.717, 1.165) is 11.8 Å². The van der Waals surface area contributed by atoms with E-state index in [1.54, 1.807) is 0 Å². The van der Waals surface area contributed by atoms with Crippen LogP contribution in [0.3, 0.4) is 0 Å². The molecule has 0 radical (unpaired) electrons. The second-order valence-electron chi connectivity index (χ2n) is 1.42. The fourth-order valence-corrected chi connectivity index (χ4v) is 1.03. The van der Waals surface area contributed by atoms with Crippen molar-refractivity contribution >= 4 is 22.8 Å². The fourth-order valence-electron chi connectivity index (χ4n) is 0.456. The van der Waals surface area contributed by atoms with E-state index in [0.29, 0.717) is 4.91 Å². The number of amidine groups is 1. The summed E-state index contributed by atoms with van der Waals surface area (Å²) in [7, 11) is 0. The van der Waals surface area contributed by atoms with Gasteiger partial charge in [0.25, 0.3) is 5.91 Å². The number of thioether (sulfide) groups is 1.